The minimum atomic E-state index is -0.422. The maximum absolute atomic E-state index is 13.0. The second-order valence-corrected chi connectivity index (χ2v) is 9.63. The Hall–Kier alpha value is -4.58. The highest BCUT2D eigenvalue weighted by atomic mass is 16.5. The number of hydrogen-bond acceptors (Lipinski definition) is 6. The van der Waals surface area contributed by atoms with Crippen LogP contribution in [-0.2, 0) is 11.4 Å². The fourth-order valence-corrected chi connectivity index (χ4v) is 4.57. The van der Waals surface area contributed by atoms with Crippen molar-refractivity contribution in [1.82, 2.24) is 0 Å². The maximum atomic E-state index is 13.0. The van der Waals surface area contributed by atoms with Gasteiger partial charge in [-0.25, -0.2) is 5.01 Å². The molecular weight excluding hydrogens is 472 g/mol. The molecule has 4 aromatic rings. The second-order valence-electron chi connectivity index (χ2n) is 9.63. The van der Waals surface area contributed by atoms with Gasteiger partial charge in [0.1, 0.15) is 12.4 Å². The number of benzene rings is 4. The van der Waals surface area contributed by atoms with E-state index in [-0.39, 0.29) is 5.78 Å². The number of carbonyl (C=O) groups is 1. The van der Waals surface area contributed by atoms with Gasteiger partial charge in [0.05, 0.1) is 5.69 Å². The third kappa shape index (κ3) is 5.11. The van der Waals surface area contributed by atoms with E-state index >= 15 is 0 Å². The molecule has 1 aliphatic heterocycles. The van der Waals surface area contributed by atoms with Gasteiger partial charge in [-0.15, -0.1) is 5.10 Å². The Morgan fingerprint density at radius 1 is 0.842 bits per heavy atom. The minimum Gasteiger partial charge on any atom is -0.488 e. The molecule has 0 spiro atoms. The number of aryl methyl sites for hydroxylation is 1. The second kappa shape index (κ2) is 10.8. The molecule has 6 heteroatoms. The third-order valence-corrected chi connectivity index (χ3v) is 6.60. The van der Waals surface area contributed by atoms with E-state index in [1.807, 2.05) is 103 Å². The number of rotatable bonds is 8. The van der Waals surface area contributed by atoms with Crippen molar-refractivity contribution in [2.75, 3.05) is 28.9 Å². The summed E-state index contributed by atoms with van der Waals surface area (Å²) in [5.74, 6) is 1.02. The fraction of sp³-hybridized carbons (Fsp3) is 0.188. The number of carbonyl (C=O) groups excluding carboxylic acids is 1. The van der Waals surface area contributed by atoms with Crippen LogP contribution in [0.25, 0.3) is 0 Å². The Morgan fingerprint density at radius 3 is 2.13 bits per heavy atom. The molecule has 0 amide bonds. The van der Waals surface area contributed by atoms with Gasteiger partial charge in [-0.05, 0) is 55.0 Å². The zero-order valence-electron chi connectivity index (χ0n) is 22.2. The van der Waals surface area contributed by atoms with Crippen LogP contribution in [0.3, 0.4) is 0 Å². The van der Waals surface area contributed by atoms with Gasteiger partial charge in [0, 0.05) is 38.0 Å². The van der Waals surface area contributed by atoms with E-state index in [0.29, 0.717) is 12.4 Å². The largest absolute Gasteiger partial charge is 0.488 e. The first-order valence-corrected chi connectivity index (χ1v) is 12.7. The topological polar surface area (TPSA) is 48.4 Å². The standard InChI is InChI=1S/C32H32N4O2/c1-23-14-16-28(17-15-23)36-32(29-12-8-9-13-30(29)38-22-25-10-6-5-7-11-25)35(31(33-36)24(2)37)27-20-18-26(19-21-27)34(3)4/h5-21,32H,22H2,1-4H3/t32-/m1/s1. The quantitative estimate of drug-likeness (QED) is 0.272. The summed E-state index contributed by atoms with van der Waals surface area (Å²) < 4.78 is 6.37. The Balaban J connectivity index is 1.62. The van der Waals surface area contributed by atoms with Gasteiger partial charge in [0.15, 0.2) is 17.8 Å². The molecule has 0 radical (unpaired) electrons. The van der Waals surface area contributed by atoms with E-state index in [0.717, 1.165) is 39.5 Å². The summed E-state index contributed by atoms with van der Waals surface area (Å²) in [5.41, 5.74) is 6.00. The van der Waals surface area contributed by atoms with E-state index in [1.165, 1.54) is 0 Å². The van der Waals surface area contributed by atoms with E-state index in [9.17, 15) is 4.79 Å². The van der Waals surface area contributed by atoms with Crippen LogP contribution in [-0.4, -0.2) is 25.7 Å². The molecule has 0 saturated heterocycles. The van der Waals surface area contributed by atoms with Crippen LogP contribution in [0.4, 0.5) is 17.1 Å². The van der Waals surface area contributed by atoms with Gasteiger partial charge in [-0.3, -0.25) is 9.69 Å². The molecule has 0 N–H and O–H groups in total. The van der Waals surface area contributed by atoms with Crippen LogP contribution in [0.1, 0.15) is 29.8 Å². The highest BCUT2D eigenvalue weighted by molar-refractivity contribution is 6.44. The molecule has 0 saturated carbocycles. The molecular formula is C32H32N4O2. The van der Waals surface area contributed by atoms with Gasteiger partial charge >= 0.3 is 0 Å². The third-order valence-electron chi connectivity index (χ3n) is 6.60. The van der Waals surface area contributed by atoms with Gasteiger partial charge in [0.25, 0.3) is 0 Å². The fourth-order valence-electron chi connectivity index (χ4n) is 4.57. The summed E-state index contributed by atoms with van der Waals surface area (Å²) in [6.07, 6.45) is -0.422. The lowest BCUT2D eigenvalue weighted by Gasteiger charge is -2.33. The number of ether oxygens (including phenoxy) is 1. The number of anilines is 3. The van der Waals surface area contributed by atoms with E-state index in [4.69, 9.17) is 9.84 Å². The molecule has 1 aliphatic rings. The summed E-state index contributed by atoms with van der Waals surface area (Å²) in [6.45, 7) is 4.06. The van der Waals surface area contributed by atoms with Gasteiger partial charge in [-0.2, -0.15) is 0 Å². The van der Waals surface area contributed by atoms with Crippen LogP contribution >= 0.6 is 0 Å². The van der Waals surface area contributed by atoms with Crippen LogP contribution < -0.4 is 19.5 Å². The highest BCUT2D eigenvalue weighted by Crippen LogP contribution is 2.42. The number of hydrazone groups is 1. The molecule has 0 bridgehead atoms. The van der Waals surface area contributed by atoms with Crippen molar-refractivity contribution < 1.29 is 9.53 Å². The lowest BCUT2D eigenvalue weighted by molar-refractivity contribution is -0.111. The van der Waals surface area contributed by atoms with Gasteiger partial charge in [-0.1, -0.05) is 66.2 Å². The van der Waals surface area contributed by atoms with Gasteiger partial charge < -0.3 is 9.64 Å². The maximum Gasteiger partial charge on any atom is 0.198 e. The summed E-state index contributed by atoms with van der Waals surface area (Å²) in [6, 6.07) is 34.5. The molecule has 0 unspecified atom stereocenters. The van der Waals surface area contributed by atoms with E-state index in [2.05, 4.69) is 36.1 Å². The van der Waals surface area contributed by atoms with Crippen molar-refractivity contribution >= 4 is 28.7 Å². The summed E-state index contributed by atoms with van der Waals surface area (Å²) in [7, 11) is 4.02. The molecule has 0 aliphatic carbocycles. The van der Waals surface area contributed by atoms with E-state index in [1.54, 1.807) is 6.92 Å². The molecule has 1 heterocycles. The Morgan fingerprint density at radius 2 is 1.47 bits per heavy atom. The number of Topliss-reactive ketones (excluding diaryl/α,β-unsaturated/α-hetero) is 1. The van der Waals surface area contributed by atoms with Crippen molar-refractivity contribution in [2.24, 2.45) is 5.10 Å². The first kappa shape index (κ1) is 25.1. The highest BCUT2D eigenvalue weighted by Gasteiger charge is 2.40. The molecule has 4 aromatic carbocycles. The number of nitrogens with zero attached hydrogens (tertiary/aromatic N) is 4. The summed E-state index contributed by atoms with van der Waals surface area (Å²) in [4.78, 5) is 17.0. The Bertz CT molecular complexity index is 1430. The summed E-state index contributed by atoms with van der Waals surface area (Å²) in [5, 5.41) is 6.80. The summed E-state index contributed by atoms with van der Waals surface area (Å²) >= 11 is 0. The number of ketones is 1. The van der Waals surface area contributed by atoms with E-state index < -0.39 is 6.17 Å². The lowest BCUT2D eigenvalue weighted by atomic mass is 10.1. The predicted molar refractivity (Wildman–Crippen MR) is 155 cm³/mol. The predicted octanol–water partition coefficient (Wildman–Crippen LogP) is 6.57. The van der Waals surface area contributed by atoms with Crippen LogP contribution in [0.15, 0.2) is 108 Å². The Labute approximate surface area is 224 Å². The van der Waals surface area contributed by atoms with Crippen molar-refractivity contribution in [3.63, 3.8) is 0 Å². The van der Waals surface area contributed by atoms with Crippen molar-refractivity contribution in [1.29, 1.82) is 0 Å². The average Bonchev–Trinajstić information content (AvgIpc) is 3.34. The zero-order chi connectivity index (χ0) is 26.6. The lowest BCUT2D eigenvalue weighted by Crippen LogP contribution is -2.38. The number of amidine groups is 1. The monoisotopic (exact) mass is 504 g/mol. The first-order valence-electron chi connectivity index (χ1n) is 12.7. The molecule has 192 valence electrons. The molecule has 0 aromatic heterocycles. The molecule has 1 atom stereocenters. The Kier molecular flexibility index (Phi) is 7.13. The number of hydrogen-bond donors (Lipinski definition) is 0. The number of para-hydroxylation sites is 1. The minimum absolute atomic E-state index is 0.107. The van der Waals surface area contributed by atoms with Gasteiger partial charge in [0.2, 0.25) is 0 Å². The van der Waals surface area contributed by atoms with Crippen molar-refractivity contribution in [3.05, 3.63) is 120 Å². The van der Waals surface area contributed by atoms with Crippen molar-refractivity contribution in [2.45, 2.75) is 26.6 Å². The van der Waals surface area contributed by atoms with Crippen LogP contribution in [0.5, 0.6) is 5.75 Å². The molecule has 38 heavy (non-hydrogen) atoms. The van der Waals surface area contributed by atoms with Crippen LogP contribution in [0.2, 0.25) is 0 Å². The zero-order valence-corrected chi connectivity index (χ0v) is 22.2. The molecule has 0 fully saturated rings. The average molecular weight is 505 g/mol. The molecule has 5 rings (SSSR count). The molecule has 6 nitrogen and oxygen atoms in total. The normalized spacial score (nSPS) is 14.8. The van der Waals surface area contributed by atoms with Crippen LogP contribution in [0, 0.1) is 6.92 Å². The first-order chi connectivity index (χ1) is 18.4. The SMILES string of the molecule is CC(=O)C1=NN(c2ccc(C)cc2)[C@H](c2ccccc2OCc2ccccc2)N1c1ccc(N(C)C)cc1. The van der Waals surface area contributed by atoms with Crippen molar-refractivity contribution in [3.8, 4) is 5.75 Å². The smallest absolute Gasteiger partial charge is 0.198 e.